The van der Waals surface area contributed by atoms with Crippen LogP contribution in [-0.4, -0.2) is 25.3 Å². The summed E-state index contributed by atoms with van der Waals surface area (Å²) in [6, 6.07) is 12.4. The number of carbonyl (C=O) groups excluding carboxylic acids is 1. The van der Waals surface area contributed by atoms with Gasteiger partial charge in [-0.1, -0.05) is 30.3 Å². The van der Waals surface area contributed by atoms with E-state index < -0.39 is 11.7 Å². The van der Waals surface area contributed by atoms with Crippen molar-refractivity contribution >= 4 is 11.7 Å². The number of anilines is 1. The molecule has 0 saturated carbocycles. The van der Waals surface area contributed by atoms with Gasteiger partial charge < -0.3 is 5.32 Å². The van der Waals surface area contributed by atoms with Crippen LogP contribution >= 0.6 is 0 Å². The first kappa shape index (κ1) is 19.8. The number of amides is 2. The SMILES string of the molecule is CON(C)C(=O)Nc1ccc(CCCc2cccc(C(F)(F)F)c2)cc1. The van der Waals surface area contributed by atoms with Crippen LogP contribution in [0.15, 0.2) is 48.5 Å². The average Bonchev–Trinajstić information content (AvgIpc) is 2.62. The van der Waals surface area contributed by atoms with Crippen molar-refractivity contribution in [1.29, 1.82) is 0 Å². The Morgan fingerprint density at radius 2 is 1.73 bits per heavy atom. The smallest absolute Gasteiger partial charge is 0.306 e. The molecule has 0 unspecified atom stereocenters. The van der Waals surface area contributed by atoms with E-state index in [0.29, 0.717) is 17.7 Å². The molecule has 0 saturated heterocycles. The lowest BCUT2D eigenvalue weighted by atomic mass is 10.0. The first-order chi connectivity index (χ1) is 12.3. The first-order valence-electron chi connectivity index (χ1n) is 8.13. The summed E-state index contributed by atoms with van der Waals surface area (Å²) in [6.45, 7) is 0. The van der Waals surface area contributed by atoms with Crippen LogP contribution in [0.4, 0.5) is 23.7 Å². The summed E-state index contributed by atoms with van der Waals surface area (Å²) >= 11 is 0. The molecule has 7 heteroatoms. The Morgan fingerprint density at radius 1 is 1.08 bits per heavy atom. The number of carbonyl (C=O) groups is 1. The molecular weight excluding hydrogens is 345 g/mol. The maximum absolute atomic E-state index is 12.7. The quantitative estimate of drug-likeness (QED) is 0.739. The number of hydrogen-bond donors (Lipinski definition) is 1. The first-order valence-corrected chi connectivity index (χ1v) is 8.13. The summed E-state index contributed by atoms with van der Waals surface area (Å²) in [5, 5.41) is 3.75. The highest BCUT2D eigenvalue weighted by Gasteiger charge is 2.30. The molecule has 0 aromatic heterocycles. The van der Waals surface area contributed by atoms with Gasteiger partial charge in [-0.3, -0.25) is 4.84 Å². The molecule has 0 aliphatic rings. The molecule has 2 aromatic carbocycles. The zero-order valence-corrected chi connectivity index (χ0v) is 14.6. The molecule has 0 aliphatic carbocycles. The monoisotopic (exact) mass is 366 g/mol. The third-order valence-electron chi connectivity index (χ3n) is 3.95. The van der Waals surface area contributed by atoms with Gasteiger partial charge in [0.1, 0.15) is 0 Å². The van der Waals surface area contributed by atoms with Crippen LogP contribution in [-0.2, 0) is 23.9 Å². The Balaban J connectivity index is 1.86. The van der Waals surface area contributed by atoms with E-state index in [-0.39, 0.29) is 6.03 Å². The Kier molecular flexibility index (Phi) is 6.63. The molecule has 0 aliphatic heterocycles. The molecule has 1 N–H and O–H groups in total. The highest BCUT2D eigenvalue weighted by Crippen LogP contribution is 2.29. The van der Waals surface area contributed by atoms with E-state index in [1.165, 1.54) is 26.3 Å². The summed E-state index contributed by atoms with van der Waals surface area (Å²) in [5.74, 6) is 0. The lowest BCUT2D eigenvalue weighted by Gasteiger charge is -2.14. The number of halogens is 3. The van der Waals surface area contributed by atoms with Crippen molar-refractivity contribution in [3.63, 3.8) is 0 Å². The van der Waals surface area contributed by atoms with Crippen molar-refractivity contribution in [1.82, 2.24) is 5.06 Å². The summed E-state index contributed by atoms with van der Waals surface area (Å²) in [5.41, 5.74) is 1.75. The molecule has 0 spiro atoms. The maximum Gasteiger partial charge on any atom is 0.416 e. The molecule has 0 radical (unpaired) electrons. The van der Waals surface area contributed by atoms with Crippen molar-refractivity contribution < 1.29 is 22.8 Å². The Morgan fingerprint density at radius 3 is 2.35 bits per heavy atom. The molecule has 0 bridgehead atoms. The molecule has 2 aromatic rings. The third kappa shape index (κ3) is 5.77. The second-order valence-corrected chi connectivity index (χ2v) is 5.86. The van der Waals surface area contributed by atoms with Crippen LogP contribution in [0, 0.1) is 0 Å². The second-order valence-electron chi connectivity index (χ2n) is 5.86. The van der Waals surface area contributed by atoms with E-state index in [1.807, 2.05) is 12.1 Å². The van der Waals surface area contributed by atoms with Crippen LogP contribution in [0.25, 0.3) is 0 Å². The number of benzene rings is 2. The predicted octanol–water partition coefficient (Wildman–Crippen LogP) is 4.91. The number of hydroxylamine groups is 2. The molecule has 0 fully saturated rings. The average molecular weight is 366 g/mol. The van der Waals surface area contributed by atoms with Crippen molar-refractivity contribution in [2.75, 3.05) is 19.5 Å². The van der Waals surface area contributed by atoms with Gasteiger partial charge >= 0.3 is 12.2 Å². The molecule has 140 valence electrons. The molecule has 2 rings (SSSR count). The van der Waals surface area contributed by atoms with Crippen LogP contribution in [0.1, 0.15) is 23.1 Å². The molecule has 0 heterocycles. The summed E-state index contributed by atoms with van der Waals surface area (Å²) in [6.07, 6.45) is -2.27. The minimum Gasteiger partial charge on any atom is -0.306 e. The number of hydrogen-bond acceptors (Lipinski definition) is 2. The highest BCUT2D eigenvalue weighted by atomic mass is 19.4. The van der Waals surface area contributed by atoms with Gasteiger partial charge in [0.25, 0.3) is 0 Å². The fraction of sp³-hybridized carbons (Fsp3) is 0.316. The Bertz CT molecular complexity index is 730. The summed E-state index contributed by atoms with van der Waals surface area (Å²) in [7, 11) is 2.89. The number of alkyl halides is 3. The highest BCUT2D eigenvalue weighted by molar-refractivity contribution is 5.88. The van der Waals surface area contributed by atoms with E-state index in [1.54, 1.807) is 18.2 Å². The topological polar surface area (TPSA) is 41.6 Å². The zero-order valence-electron chi connectivity index (χ0n) is 14.6. The van der Waals surface area contributed by atoms with Gasteiger partial charge in [-0.15, -0.1) is 0 Å². The van der Waals surface area contributed by atoms with Crippen molar-refractivity contribution in [2.24, 2.45) is 0 Å². The van der Waals surface area contributed by atoms with Crippen LogP contribution in [0.5, 0.6) is 0 Å². The fourth-order valence-corrected chi connectivity index (χ4v) is 2.44. The molecule has 2 amide bonds. The van der Waals surface area contributed by atoms with Gasteiger partial charge in [0.15, 0.2) is 0 Å². The van der Waals surface area contributed by atoms with Gasteiger partial charge in [0.2, 0.25) is 0 Å². The molecule has 4 nitrogen and oxygen atoms in total. The van der Waals surface area contributed by atoms with Crippen molar-refractivity contribution in [3.05, 3.63) is 65.2 Å². The molecule has 26 heavy (non-hydrogen) atoms. The van der Waals surface area contributed by atoms with Gasteiger partial charge in [-0.25, -0.2) is 9.86 Å². The normalized spacial score (nSPS) is 11.3. The number of nitrogens with zero attached hydrogens (tertiary/aromatic N) is 1. The Hall–Kier alpha value is -2.54. The van der Waals surface area contributed by atoms with E-state index >= 15 is 0 Å². The van der Waals surface area contributed by atoms with E-state index in [9.17, 15) is 18.0 Å². The number of aryl methyl sites for hydroxylation is 2. The number of urea groups is 1. The Labute approximate surface area is 150 Å². The summed E-state index contributed by atoms with van der Waals surface area (Å²) in [4.78, 5) is 16.4. The van der Waals surface area contributed by atoms with Gasteiger partial charge in [0, 0.05) is 12.7 Å². The van der Waals surface area contributed by atoms with Gasteiger partial charge in [-0.05, 0) is 48.6 Å². The van der Waals surface area contributed by atoms with Crippen molar-refractivity contribution in [2.45, 2.75) is 25.4 Å². The van der Waals surface area contributed by atoms with E-state index in [2.05, 4.69) is 5.32 Å². The summed E-state index contributed by atoms with van der Waals surface area (Å²) < 4.78 is 38.1. The lowest BCUT2D eigenvalue weighted by molar-refractivity contribution is -0.137. The molecule has 0 atom stereocenters. The minimum absolute atomic E-state index is 0.384. The van der Waals surface area contributed by atoms with E-state index in [0.717, 1.165) is 29.5 Å². The van der Waals surface area contributed by atoms with Crippen LogP contribution in [0.2, 0.25) is 0 Å². The minimum atomic E-state index is -4.31. The maximum atomic E-state index is 12.7. The second kappa shape index (κ2) is 8.71. The third-order valence-corrected chi connectivity index (χ3v) is 3.95. The molecular formula is C19H21F3N2O2. The predicted molar refractivity (Wildman–Crippen MR) is 93.7 cm³/mol. The van der Waals surface area contributed by atoms with Gasteiger partial charge in [0.05, 0.1) is 12.7 Å². The number of rotatable bonds is 6. The van der Waals surface area contributed by atoms with E-state index in [4.69, 9.17) is 4.84 Å². The standard InChI is InChI=1S/C19H21F3N2O2/c1-24(26-2)18(25)23-17-11-9-14(10-12-17)5-3-6-15-7-4-8-16(13-15)19(20,21)22/h4,7-13H,3,5-6H2,1-2H3,(H,23,25). The largest absolute Gasteiger partial charge is 0.416 e. The lowest BCUT2D eigenvalue weighted by Crippen LogP contribution is -2.30. The fourth-order valence-electron chi connectivity index (χ4n) is 2.44. The van der Waals surface area contributed by atoms with Crippen LogP contribution in [0.3, 0.4) is 0 Å². The van der Waals surface area contributed by atoms with Gasteiger partial charge in [-0.2, -0.15) is 13.2 Å². The van der Waals surface area contributed by atoms with Crippen LogP contribution < -0.4 is 5.32 Å². The zero-order chi connectivity index (χ0) is 19.2. The number of nitrogens with one attached hydrogen (secondary N) is 1. The van der Waals surface area contributed by atoms with Crippen molar-refractivity contribution in [3.8, 4) is 0 Å².